The van der Waals surface area contributed by atoms with Crippen LogP contribution in [-0.2, 0) is 4.79 Å². The molecule has 9 heteroatoms. The molecule has 2 N–H and O–H groups in total. The highest BCUT2D eigenvalue weighted by molar-refractivity contribution is 7.99. The molecule has 32 heavy (non-hydrogen) atoms. The SMILES string of the molecule is Cc1c(C#N)c(NC(=O)CSc2n[nH]c3nc4ccccc4n23)n(-c2ccccc2)c1C. The third-order valence-corrected chi connectivity index (χ3v) is 6.37. The van der Waals surface area contributed by atoms with Gasteiger partial charge in [-0.15, -0.1) is 5.10 Å². The van der Waals surface area contributed by atoms with E-state index in [4.69, 9.17) is 0 Å². The zero-order valence-electron chi connectivity index (χ0n) is 17.5. The third-order valence-electron chi connectivity index (χ3n) is 5.43. The van der Waals surface area contributed by atoms with Gasteiger partial charge in [-0.2, -0.15) is 5.26 Å². The Kier molecular flexibility index (Phi) is 4.92. The van der Waals surface area contributed by atoms with Crippen molar-refractivity contribution in [2.75, 3.05) is 11.1 Å². The van der Waals surface area contributed by atoms with Crippen molar-refractivity contribution in [2.45, 2.75) is 19.0 Å². The fourth-order valence-electron chi connectivity index (χ4n) is 3.80. The van der Waals surface area contributed by atoms with Crippen LogP contribution in [0.3, 0.4) is 0 Å². The van der Waals surface area contributed by atoms with Crippen molar-refractivity contribution in [1.82, 2.24) is 24.1 Å². The molecule has 8 nitrogen and oxygen atoms in total. The molecule has 158 valence electrons. The van der Waals surface area contributed by atoms with Crippen LogP contribution in [0.1, 0.15) is 16.8 Å². The number of carbonyl (C=O) groups excluding carboxylic acids is 1. The van der Waals surface area contributed by atoms with Crippen molar-refractivity contribution in [3.63, 3.8) is 0 Å². The smallest absolute Gasteiger partial charge is 0.236 e. The summed E-state index contributed by atoms with van der Waals surface area (Å²) in [5, 5.41) is 20.5. The molecule has 1 amide bonds. The van der Waals surface area contributed by atoms with Gasteiger partial charge in [-0.1, -0.05) is 42.1 Å². The Morgan fingerprint density at radius 3 is 2.69 bits per heavy atom. The second kappa shape index (κ2) is 7.90. The summed E-state index contributed by atoms with van der Waals surface area (Å²) in [4.78, 5) is 17.4. The van der Waals surface area contributed by atoms with Gasteiger partial charge in [0.25, 0.3) is 0 Å². The summed E-state index contributed by atoms with van der Waals surface area (Å²) in [6, 6.07) is 19.7. The van der Waals surface area contributed by atoms with E-state index in [0.29, 0.717) is 22.3 Å². The summed E-state index contributed by atoms with van der Waals surface area (Å²) in [5.74, 6) is 1.03. The molecular formula is C23H19N7OS. The number of nitrogens with one attached hydrogen (secondary N) is 2. The van der Waals surface area contributed by atoms with E-state index in [-0.39, 0.29) is 11.7 Å². The van der Waals surface area contributed by atoms with Gasteiger partial charge < -0.3 is 5.32 Å². The van der Waals surface area contributed by atoms with E-state index < -0.39 is 0 Å². The number of anilines is 1. The molecule has 5 aromatic rings. The lowest BCUT2D eigenvalue weighted by Gasteiger charge is -2.13. The number of amides is 1. The van der Waals surface area contributed by atoms with Gasteiger partial charge in [-0.05, 0) is 43.7 Å². The molecule has 0 aliphatic heterocycles. The van der Waals surface area contributed by atoms with Crippen LogP contribution >= 0.6 is 11.8 Å². The van der Waals surface area contributed by atoms with Crippen LogP contribution in [0.2, 0.25) is 0 Å². The van der Waals surface area contributed by atoms with Crippen LogP contribution in [0, 0.1) is 25.2 Å². The average molecular weight is 442 g/mol. The Labute approximate surface area is 187 Å². The number of nitriles is 1. The number of nitrogens with zero attached hydrogens (tertiary/aromatic N) is 5. The van der Waals surface area contributed by atoms with Gasteiger partial charge in [0.05, 0.1) is 22.3 Å². The first-order valence-electron chi connectivity index (χ1n) is 10.00. The van der Waals surface area contributed by atoms with Crippen molar-refractivity contribution < 1.29 is 4.79 Å². The fraction of sp³-hybridized carbons (Fsp3) is 0.130. The van der Waals surface area contributed by atoms with E-state index in [1.165, 1.54) is 11.8 Å². The molecule has 0 fully saturated rings. The van der Waals surface area contributed by atoms with Crippen molar-refractivity contribution in [3.8, 4) is 11.8 Å². The van der Waals surface area contributed by atoms with Crippen LogP contribution in [-0.4, -0.2) is 35.8 Å². The van der Waals surface area contributed by atoms with E-state index in [9.17, 15) is 10.1 Å². The average Bonchev–Trinajstić information content (AvgIpc) is 3.44. The van der Waals surface area contributed by atoms with Gasteiger partial charge in [0.1, 0.15) is 11.9 Å². The molecule has 0 saturated carbocycles. The molecule has 0 aliphatic rings. The fourth-order valence-corrected chi connectivity index (χ4v) is 4.55. The molecule has 0 saturated heterocycles. The van der Waals surface area contributed by atoms with Crippen LogP contribution in [0.4, 0.5) is 5.82 Å². The van der Waals surface area contributed by atoms with E-state index in [0.717, 1.165) is 28.0 Å². The number of fused-ring (bicyclic) bond motifs is 3. The standard InChI is InChI=1S/C23H19N7OS/c1-14-15(2)29(16-8-4-3-5-9-16)21(17(14)12-24)26-20(31)13-32-23-28-27-22-25-18-10-6-7-11-19(18)30(22)23/h3-11H,13H2,1-2H3,(H,25,27)(H,26,31). The van der Waals surface area contributed by atoms with Crippen LogP contribution in [0.25, 0.3) is 22.5 Å². The molecule has 5 rings (SSSR count). The monoisotopic (exact) mass is 441 g/mol. The second-order valence-corrected chi connectivity index (χ2v) is 8.26. The molecule has 0 unspecified atom stereocenters. The Morgan fingerprint density at radius 1 is 1.16 bits per heavy atom. The lowest BCUT2D eigenvalue weighted by Crippen LogP contribution is -2.18. The summed E-state index contributed by atoms with van der Waals surface area (Å²) in [6.07, 6.45) is 0. The van der Waals surface area contributed by atoms with Crippen molar-refractivity contribution >= 4 is 40.3 Å². The van der Waals surface area contributed by atoms with Gasteiger partial charge in [-0.3, -0.25) is 13.8 Å². The molecule has 0 radical (unpaired) electrons. The quantitative estimate of drug-likeness (QED) is 0.398. The molecule has 0 aliphatic carbocycles. The first-order chi connectivity index (χ1) is 15.6. The number of benzene rings is 2. The molecule has 3 heterocycles. The van der Waals surface area contributed by atoms with E-state index in [1.54, 1.807) is 0 Å². The topological polar surface area (TPSA) is 104 Å². The minimum Gasteiger partial charge on any atom is -0.310 e. The molecule has 2 aromatic carbocycles. The minimum absolute atomic E-state index is 0.134. The number of imidazole rings is 1. The summed E-state index contributed by atoms with van der Waals surface area (Å²) in [7, 11) is 0. The van der Waals surface area contributed by atoms with Crippen molar-refractivity contribution in [1.29, 1.82) is 5.26 Å². The largest absolute Gasteiger partial charge is 0.310 e. The van der Waals surface area contributed by atoms with Crippen LogP contribution in [0.5, 0.6) is 0 Å². The Balaban J connectivity index is 1.42. The zero-order valence-corrected chi connectivity index (χ0v) is 18.3. The predicted molar refractivity (Wildman–Crippen MR) is 124 cm³/mol. The lowest BCUT2D eigenvalue weighted by molar-refractivity contribution is -0.113. The number of aromatic amines is 1. The number of aromatic nitrogens is 5. The number of hydrogen-bond donors (Lipinski definition) is 2. The lowest BCUT2D eigenvalue weighted by atomic mass is 10.2. The highest BCUT2D eigenvalue weighted by Gasteiger charge is 2.21. The maximum absolute atomic E-state index is 12.9. The highest BCUT2D eigenvalue weighted by Crippen LogP contribution is 2.30. The van der Waals surface area contributed by atoms with E-state index >= 15 is 0 Å². The van der Waals surface area contributed by atoms with Crippen LogP contribution in [0.15, 0.2) is 59.8 Å². The molecule has 0 spiro atoms. The first kappa shape index (κ1) is 19.9. The first-order valence-corrected chi connectivity index (χ1v) is 11.0. The normalized spacial score (nSPS) is 11.2. The van der Waals surface area contributed by atoms with Gasteiger partial charge in [-0.25, -0.2) is 10.1 Å². The summed E-state index contributed by atoms with van der Waals surface area (Å²) in [6.45, 7) is 3.83. The molecule has 0 atom stereocenters. The summed E-state index contributed by atoms with van der Waals surface area (Å²) >= 11 is 1.31. The Morgan fingerprint density at radius 2 is 1.91 bits per heavy atom. The number of carbonyl (C=O) groups is 1. The second-order valence-electron chi connectivity index (χ2n) is 7.32. The van der Waals surface area contributed by atoms with Crippen molar-refractivity contribution in [2.24, 2.45) is 0 Å². The summed E-state index contributed by atoms with van der Waals surface area (Å²) < 4.78 is 3.81. The maximum Gasteiger partial charge on any atom is 0.236 e. The maximum atomic E-state index is 12.9. The van der Waals surface area contributed by atoms with Crippen molar-refractivity contribution in [3.05, 3.63) is 71.4 Å². The Bertz CT molecular complexity index is 1500. The predicted octanol–water partition coefficient (Wildman–Crippen LogP) is 4.22. The Hall–Kier alpha value is -4.03. The van der Waals surface area contributed by atoms with Gasteiger partial charge >= 0.3 is 0 Å². The van der Waals surface area contributed by atoms with E-state index in [1.807, 2.05) is 77.4 Å². The number of H-pyrrole nitrogens is 1. The van der Waals surface area contributed by atoms with Gasteiger partial charge in [0.2, 0.25) is 11.7 Å². The molecular weight excluding hydrogens is 422 g/mol. The van der Waals surface area contributed by atoms with Gasteiger partial charge in [0.15, 0.2) is 5.16 Å². The third kappa shape index (κ3) is 3.21. The zero-order chi connectivity index (χ0) is 22.2. The van der Waals surface area contributed by atoms with Gasteiger partial charge in [0, 0.05) is 11.4 Å². The minimum atomic E-state index is -0.221. The number of thioether (sulfide) groups is 1. The number of para-hydroxylation sites is 3. The highest BCUT2D eigenvalue weighted by atomic mass is 32.2. The number of hydrogen-bond acceptors (Lipinski definition) is 5. The number of rotatable bonds is 5. The van der Waals surface area contributed by atoms with E-state index in [2.05, 4.69) is 26.6 Å². The van der Waals surface area contributed by atoms with Crippen LogP contribution < -0.4 is 5.32 Å². The summed E-state index contributed by atoms with van der Waals surface area (Å²) in [5.41, 5.74) is 4.89. The molecule has 0 bridgehead atoms. The molecule has 3 aromatic heterocycles.